The molecule has 0 aromatic heterocycles. The summed E-state index contributed by atoms with van der Waals surface area (Å²) in [5.41, 5.74) is 0.533. The van der Waals surface area contributed by atoms with Crippen LogP contribution in [0.15, 0.2) is 18.2 Å². The zero-order valence-corrected chi connectivity index (χ0v) is 9.17. The number of thiocarbonyl (C=S) groups is 1. The van der Waals surface area contributed by atoms with E-state index in [1.54, 1.807) is 13.0 Å². The van der Waals surface area contributed by atoms with Crippen molar-refractivity contribution in [3.05, 3.63) is 24.0 Å². The number of ether oxygens (including phenoxy) is 1. The summed E-state index contributed by atoms with van der Waals surface area (Å²) in [7, 11) is 0. The lowest BCUT2D eigenvalue weighted by Crippen LogP contribution is -2.05. The predicted molar refractivity (Wildman–Crippen MR) is 61.2 cm³/mol. The van der Waals surface area contributed by atoms with Gasteiger partial charge in [-0.3, -0.25) is 0 Å². The van der Waals surface area contributed by atoms with E-state index in [2.05, 4.69) is 30.2 Å². The molecule has 0 saturated heterocycles. The summed E-state index contributed by atoms with van der Waals surface area (Å²) in [4.78, 5) is 0. The monoisotopic (exact) mass is 230 g/mol. The molecule has 0 radical (unpaired) electrons. The highest BCUT2D eigenvalue weighted by atomic mass is 32.1. The van der Waals surface area contributed by atoms with E-state index in [-0.39, 0.29) is 10.1 Å². The van der Waals surface area contributed by atoms with Crippen molar-refractivity contribution in [2.75, 3.05) is 11.9 Å². The summed E-state index contributed by atoms with van der Waals surface area (Å²) in [5.74, 6) is -0.198. The van der Waals surface area contributed by atoms with Gasteiger partial charge in [-0.2, -0.15) is 0 Å². The van der Waals surface area contributed by atoms with Crippen molar-refractivity contribution < 1.29 is 9.13 Å². The second-order valence-electron chi connectivity index (χ2n) is 2.49. The normalized spacial score (nSPS) is 9.57. The minimum absolute atomic E-state index is 0.188. The Balaban J connectivity index is 2.83. The highest BCUT2D eigenvalue weighted by Gasteiger charge is 2.02. The van der Waals surface area contributed by atoms with Crippen LogP contribution in [0.25, 0.3) is 0 Å². The van der Waals surface area contributed by atoms with Crippen LogP contribution in [0.3, 0.4) is 0 Å². The molecule has 0 aliphatic rings. The summed E-state index contributed by atoms with van der Waals surface area (Å²) >= 11 is 9.31. The van der Waals surface area contributed by atoms with E-state index < -0.39 is 5.82 Å². The third kappa shape index (κ3) is 3.08. The summed E-state index contributed by atoms with van der Waals surface area (Å²) in [6.07, 6.45) is 0. The van der Waals surface area contributed by atoms with Crippen LogP contribution in [0, 0.1) is 5.82 Å². The number of rotatable bonds is 3. The summed E-state index contributed by atoms with van der Waals surface area (Å²) in [6, 6.07) is 4.49. The quantitative estimate of drug-likeness (QED) is 0.636. The molecule has 2 nitrogen and oxygen atoms in total. The Morgan fingerprint density at radius 1 is 1.64 bits per heavy atom. The van der Waals surface area contributed by atoms with Crippen LogP contribution in [-0.2, 0) is 12.6 Å². The molecule has 0 fully saturated rings. The Hall–Kier alpha value is -0.940. The van der Waals surface area contributed by atoms with Gasteiger partial charge in [-0.05, 0) is 19.1 Å². The molecule has 0 saturated carbocycles. The van der Waals surface area contributed by atoms with Gasteiger partial charge < -0.3 is 34.9 Å². The van der Waals surface area contributed by atoms with Gasteiger partial charge in [0.1, 0.15) is 0 Å². The average molecular weight is 230 g/mol. The van der Waals surface area contributed by atoms with Gasteiger partial charge >= 0.3 is 0 Å². The molecule has 0 amide bonds. The lowest BCUT2D eigenvalue weighted by molar-refractivity contribution is 0.321. The van der Waals surface area contributed by atoms with Crippen LogP contribution in [0.2, 0.25) is 0 Å². The largest absolute Gasteiger partial charge is 0.491 e. The molecule has 0 spiro atoms. The molecule has 0 aliphatic heterocycles. The van der Waals surface area contributed by atoms with E-state index in [1.807, 2.05) is 0 Å². The van der Waals surface area contributed by atoms with Gasteiger partial charge in [-0.15, -0.1) is 0 Å². The molecule has 14 heavy (non-hydrogen) atoms. The highest BCUT2D eigenvalue weighted by molar-refractivity contribution is 8.00. The molecule has 0 aliphatic carbocycles. The lowest BCUT2D eigenvalue weighted by Gasteiger charge is -2.11. The van der Waals surface area contributed by atoms with Crippen molar-refractivity contribution in [2.45, 2.75) is 6.92 Å². The van der Waals surface area contributed by atoms with E-state index in [1.165, 1.54) is 12.1 Å². The van der Waals surface area contributed by atoms with Gasteiger partial charge in [0.05, 0.1) is 6.61 Å². The van der Waals surface area contributed by atoms with Crippen LogP contribution < -0.4 is 10.1 Å². The van der Waals surface area contributed by atoms with E-state index in [4.69, 9.17) is 4.74 Å². The molecular weight excluding hydrogens is 221 g/mol. The maximum Gasteiger partial charge on any atom is 0.167 e. The maximum absolute atomic E-state index is 13.2. The fraction of sp³-hybridized carbons (Fsp3) is 0.222. The first kappa shape index (κ1) is 11.1. The molecule has 76 valence electrons. The van der Waals surface area contributed by atoms with Crippen LogP contribution in [0.1, 0.15) is 6.92 Å². The van der Waals surface area contributed by atoms with Gasteiger partial charge in [0.15, 0.2) is 11.6 Å². The lowest BCUT2D eigenvalue weighted by atomic mass is 10.3. The fourth-order valence-corrected chi connectivity index (χ4v) is 1.20. The Kier molecular flexibility index (Phi) is 4.03. The number of halogens is 1. The van der Waals surface area contributed by atoms with Crippen molar-refractivity contribution >= 4 is 34.9 Å². The number of anilines is 1. The third-order valence-electron chi connectivity index (χ3n) is 1.48. The Morgan fingerprint density at radius 2 is 2.36 bits per heavy atom. The molecule has 1 rings (SSSR count). The van der Waals surface area contributed by atoms with Crippen LogP contribution in [0.5, 0.6) is 5.75 Å². The van der Waals surface area contributed by atoms with Crippen molar-refractivity contribution in [1.29, 1.82) is 0 Å². The first-order chi connectivity index (χ1) is 6.63. The third-order valence-corrected chi connectivity index (χ3v) is 1.68. The second kappa shape index (κ2) is 5.07. The SMILES string of the molecule is CCOc1ccc(NC(=S)[S-])cc1F. The minimum Gasteiger partial charge on any atom is -0.491 e. The van der Waals surface area contributed by atoms with Crippen molar-refractivity contribution in [3.8, 4) is 5.75 Å². The number of hydrogen-bond donors (Lipinski definition) is 1. The second-order valence-corrected chi connectivity index (χ2v) is 3.57. The number of hydrogen-bond acceptors (Lipinski definition) is 3. The van der Waals surface area contributed by atoms with Crippen LogP contribution >= 0.6 is 12.2 Å². The van der Waals surface area contributed by atoms with Crippen molar-refractivity contribution in [1.82, 2.24) is 0 Å². The molecule has 0 unspecified atom stereocenters. The van der Waals surface area contributed by atoms with Gasteiger partial charge in [0, 0.05) is 11.8 Å². The molecule has 1 aromatic carbocycles. The molecule has 1 aromatic rings. The topological polar surface area (TPSA) is 21.3 Å². The van der Waals surface area contributed by atoms with E-state index in [0.717, 1.165) is 0 Å². The first-order valence-electron chi connectivity index (χ1n) is 4.04. The minimum atomic E-state index is -0.428. The summed E-state index contributed by atoms with van der Waals surface area (Å²) < 4.78 is 18.5. The zero-order chi connectivity index (χ0) is 10.6. The standard InChI is InChI=1S/C9H10FNOS2/c1-2-12-8-4-3-6(5-7(8)10)11-9(13)14/h3-5H,2H2,1H3,(H2,11,13,14)/p-1. The zero-order valence-electron chi connectivity index (χ0n) is 7.54. The van der Waals surface area contributed by atoms with Crippen LogP contribution in [0.4, 0.5) is 10.1 Å². The molecule has 0 heterocycles. The van der Waals surface area contributed by atoms with E-state index in [9.17, 15) is 4.39 Å². The Morgan fingerprint density at radius 3 is 2.86 bits per heavy atom. The molecule has 1 N–H and O–H groups in total. The van der Waals surface area contributed by atoms with Gasteiger partial charge in [0.2, 0.25) is 0 Å². The fourth-order valence-electron chi connectivity index (χ4n) is 0.969. The molecular formula is C9H9FNOS2-. The molecule has 0 bridgehead atoms. The van der Waals surface area contributed by atoms with Gasteiger partial charge in [-0.1, -0.05) is 4.32 Å². The highest BCUT2D eigenvalue weighted by Crippen LogP contribution is 2.20. The Labute approximate surface area is 92.9 Å². The van der Waals surface area contributed by atoms with Crippen LogP contribution in [-0.4, -0.2) is 10.9 Å². The summed E-state index contributed by atoms with van der Waals surface area (Å²) in [6.45, 7) is 2.23. The van der Waals surface area contributed by atoms with E-state index in [0.29, 0.717) is 12.3 Å². The number of benzene rings is 1. The van der Waals surface area contributed by atoms with Gasteiger partial charge in [-0.25, -0.2) is 4.39 Å². The van der Waals surface area contributed by atoms with E-state index >= 15 is 0 Å². The summed E-state index contributed by atoms with van der Waals surface area (Å²) in [5, 5.41) is 2.67. The van der Waals surface area contributed by atoms with Gasteiger partial charge in [0.25, 0.3) is 0 Å². The molecule has 0 atom stereocenters. The maximum atomic E-state index is 13.2. The smallest absolute Gasteiger partial charge is 0.167 e. The van der Waals surface area contributed by atoms with Crippen molar-refractivity contribution in [3.63, 3.8) is 0 Å². The van der Waals surface area contributed by atoms with Crippen molar-refractivity contribution in [2.24, 2.45) is 0 Å². The number of nitrogens with one attached hydrogen (secondary N) is 1. The first-order valence-corrected chi connectivity index (χ1v) is 4.85. The predicted octanol–water partition coefficient (Wildman–Crippen LogP) is 2.47. The molecule has 5 heteroatoms. The Bertz CT molecular complexity index is 344. The average Bonchev–Trinajstić information content (AvgIpc) is 2.09.